The molecule has 8 bridgehead atoms. The van der Waals surface area contributed by atoms with Crippen molar-refractivity contribution in [1.29, 1.82) is 0 Å². The van der Waals surface area contributed by atoms with E-state index in [-0.39, 0.29) is 11.6 Å². The maximum atomic E-state index is 11.8. The van der Waals surface area contributed by atoms with Gasteiger partial charge in [0.15, 0.2) is 23.3 Å². The van der Waals surface area contributed by atoms with Gasteiger partial charge in [0.2, 0.25) is 23.6 Å². The number of nitrogens with one attached hydrogen (secondary N) is 2. The van der Waals surface area contributed by atoms with Crippen LogP contribution in [0.15, 0.2) is 170 Å². The summed E-state index contributed by atoms with van der Waals surface area (Å²) in [6, 6.07) is 47.6. The van der Waals surface area contributed by atoms with Crippen LogP contribution < -0.4 is 41.9 Å². The molecule has 3 aromatic heterocycles. The van der Waals surface area contributed by atoms with E-state index in [0.29, 0.717) is 146 Å². The number of hydrogen-bond acceptors (Lipinski definition) is 14. The molecule has 2 aliphatic heterocycles. The van der Waals surface area contributed by atoms with Crippen LogP contribution >= 0.6 is 0 Å². The van der Waals surface area contributed by atoms with Crippen molar-refractivity contribution >= 4 is 67.8 Å². The SMILES string of the molecule is NC(=O)c1ccc(Oc2ccc3c(c2)-c2nc-3nc3[nH]c(nc4nc(nc5[nH]c(n2)c2ccc(Oc6ccc(C(N)=O)cc6)cc52)-c2ccc(Oc5ccc(C(N)=O)cc5)cc2-4)c2ccc(Oc4ccc(C(N)=O)cc4)cc32)cc1. The largest absolute Gasteiger partial charge is 0.457 e. The maximum absolute atomic E-state index is 11.8. The molecule has 0 fully saturated rings. The Hall–Kier alpha value is -11.8. The van der Waals surface area contributed by atoms with Crippen LogP contribution in [0.25, 0.3) is 89.7 Å². The van der Waals surface area contributed by atoms with Crippen molar-refractivity contribution in [2.24, 2.45) is 22.9 Å². The Labute approximate surface area is 450 Å². The minimum atomic E-state index is -0.565. The number of carbonyl (C=O) groups excluding carboxylic acids is 4. The van der Waals surface area contributed by atoms with Crippen molar-refractivity contribution < 1.29 is 38.1 Å². The molecular formula is C60H38N12O8. The number of fused-ring (bicyclic) bond motifs is 20. The third-order valence-electron chi connectivity index (χ3n) is 13.2. The van der Waals surface area contributed by atoms with E-state index < -0.39 is 23.6 Å². The molecule has 8 aromatic carbocycles. The number of nitrogens with two attached hydrogens (primary N) is 4. The second kappa shape index (κ2) is 19.1. The number of primary amides is 4. The Morgan fingerprint density at radius 3 is 0.825 bits per heavy atom. The molecular weight excluding hydrogens is 1020 g/mol. The van der Waals surface area contributed by atoms with E-state index in [0.717, 1.165) is 0 Å². The smallest absolute Gasteiger partial charge is 0.248 e. The minimum absolute atomic E-state index is 0.283. The van der Waals surface area contributed by atoms with Crippen molar-refractivity contribution in [3.05, 3.63) is 192 Å². The monoisotopic (exact) mass is 1050 g/mol. The number of carbonyl (C=O) groups is 4. The molecule has 2 aliphatic rings. The summed E-state index contributed by atoms with van der Waals surface area (Å²) in [5.74, 6) is 2.53. The molecule has 0 atom stereocenters. The molecule has 80 heavy (non-hydrogen) atoms. The van der Waals surface area contributed by atoms with E-state index in [2.05, 4.69) is 9.97 Å². The number of amides is 4. The summed E-state index contributed by atoms with van der Waals surface area (Å²) in [6.45, 7) is 0. The Morgan fingerprint density at radius 1 is 0.275 bits per heavy atom. The number of H-pyrrole nitrogens is 2. The van der Waals surface area contributed by atoms with Crippen LogP contribution in [0, 0.1) is 0 Å². The van der Waals surface area contributed by atoms with Crippen molar-refractivity contribution in [3.8, 4) is 91.5 Å². The van der Waals surface area contributed by atoms with E-state index in [4.69, 9.17) is 71.8 Å². The Balaban J connectivity index is 1.03. The van der Waals surface area contributed by atoms with Crippen LogP contribution in [0.2, 0.25) is 0 Å². The zero-order valence-corrected chi connectivity index (χ0v) is 41.4. The molecule has 0 spiro atoms. The Kier molecular flexibility index (Phi) is 11.4. The molecule has 10 N–H and O–H groups in total. The number of aromatic amines is 2. The van der Waals surface area contributed by atoms with Gasteiger partial charge in [-0.25, -0.2) is 29.9 Å². The average Bonchev–Trinajstić information content (AvgIpc) is 4.31. The first-order valence-corrected chi connectivity index (χ1v) is 24.5. The highest BCUT2D eigenvalue weighted by Gasteiger charge is 2.25. The first-order valence-electron chi connectivity index (χ1n) is 24.5. The molecule has 13 rings (SSSR count). The van der Waals surface area contributed by atoms with Gasteiger partial charge in [-0.3, -0.25) is 19.2 Å². The van der Waals surface area contributed by atoms with Crippen LogP contribution in [0.4, 0.5) is 0 Å². The van der Waals surface area contributed by atoms with Gasteiger partial charge in [0.05, 0.1) is 0 Å². The second-order valence-corrected chi connectivity index (χ2v) is 18.4. The molecule has 0 saturated carbocycles. The quantitative estimate of drug-likeness (QED) is 0.0663. The number of benzene rings is 8. The molecule has 0 unspecified atom stereocenters. The average molecular weight is 1060 g/mol. The first kappa shape index (κ1) is 47.9. The number of ether oxygens (including phenoxy) is 4. The zero-order valence-electron chi connectivity index (χ0n) is 41.4. The van der Waals surface area contributed by atoms with Gasteiger partial charge in [-0.05, 0) is 170 Å². The summed E-state index contributed by atoms with van der Waals surface area (Å²) >= 11 is 0. The van der Waals surface area contributed by atoms with Gasteiger partial charge in [0, 0.05) is 66.1 Å². The van der Waals surface area contributed by atoms with Gasteiger partial charge in [0.1, 0.15) is 68.6 Å². The molecule has 11 aromatic rings. The highest BCUT2D eigenvalue weighted by atomic mass is 16.5. The van der Waals surface area contributed by atoms with Crippen LogP contribution in [-0.4, -0.2) is 63.5 Å². The molecule has 0 aliphatic carbocycles. The molecule has 20 heteroatoms. The van der Waals surface area contributed by atoms with Gasteiger partial charge in [-0.1, -0.05) is 0 Å². The summed E-state index contributed by atoms with van der Waals surface area (Å²) in [5.41, 5.74) is 27.3. The number of hydrogen-bond donors (Lipinski definition) is 6. The van der Waals surface area contributed by atoms with Crippen LogP contribution in [0.5, 0.6) is 46.0 Å². The standard InChI is InChI=1S/C60H38N12O8/c61-49(73)29-1-9-33(10-2-29)77-37-17-21-41-45(25-37)57-65-53(41)70-58-47-27-39(79-35-13-5-31(6-14-35)51(63)75)19-23-43(47)55(67-58)72-60-48-28-40(80-36-15-7-32(8-16-36)52(64)76)20-24-44(48)56(68-60)71-59-46-26-38(18-22-42(46)54(66-59)69-57)78-34-11-3-30(4-12-34)50(62)74/h1-28H,(H2,61,73)(H2,62,74)(H2,63,75)(H2,64,76)(H2,65,66,67,68,69,70,71,72). The summed E-state index contributed by atoms with van der Waals surface area (Å²) in [7, 11) is 0. The lowest BCUT2D eigenvalue weighted by Crippen LogP contribution is -2.10. The highest BCUT2D eigenvalue weighted by Crippen LogP contribution is 2.42. The fraction of sp³-hybridized carbons (Fsp3) is 0. The Morgan fingerprint density at radius 2 is 0.525 bits per heavy atom. The molecule has 20 nitrogen and oxygen atoms in total. The van der Waals surface area contributed by atoms with Crippen LogP contribution in [-0.2, 0) is 0 Å². The molecule has 0 saturated heterocycles. The number of rotatable bonds is 12. The van der Waals surface area contributed by atoms with Gasteiger partial charge in [-0.2, -0.15) is 0 Å². The predicted octanol–water partition coefficient (Wildman–Crippen LogP) is 10.4. The minimum Gasteiger partial charge on any atom is -0.457 e. The summed E-state index contributed by atoms with van der Waals surface area (Å²) < 4.78 is 25.2. The normalized spacial score (nSPS) is 11.4. The molecule has 0 radical (unpaired) electrons. The van der Waals surface area contributed by atoms with Crippen molar-refractivity contribution in [1.82, 2.24) is 39.9 Å². The van der Waals surface area contributed by atoms with Crippen LogP contribution in [0.3, 0.4) is 0 Å². The predicted molar refractivity (Wildman–Crippen MR) is 296 cm³/mol. The van der Waals surface area contributed by atoms with Crippen molar-refractivity contribution in [2.45, 2.75) is 0 Å². The van der Waals surface area contributed by atoms with E-state index in [1.165, 1.54) is 0 Å². The lowest BCUT2D eigenvalue weighted by atomic mass is 10.1. The number of nitrogens with zero attached hydrogens (tertiary/aromatic N) is 6. The summed E-state index contributed by atoms with van der Waals surface area (Å²) in [4.78, 5) is 85.2. The fourth-order valence-corrected chi connectivity index (χ4v) is 9.26. The Bertz CT molecular complexity index is 4310. The summed E-state index contributed by atoms with van der Waals surface area (Å²) in [6.07, 6.45) is 0. The first-order chi connectivity index (χ1) is 38.8. The zero-order chi connectivity index (χ0) is 54.8. The highest BCUT2D eigenvalue weighted by molar-refractivity contribution is 6.07. The lowest BCUT2D eigenvalue weighted by molar-refractivity contribution is 0.0992. The molecule has 5 heterocycles. The van der Waals surface area contributed by atoms with Gasteiger partial charge in [0.25, 0.3) is 0 Å². The molecule has 386 valence electrons. The third-order valence-corrected chi connectivity index (χ3v) is 13.2. The van der Waals surface area contributed by atoms with Crippen molar-refractivity contribution in [3.63, 3.8) is 0 Å². The third kappa shape index (κ3) is 9.06. The van der Waals surface area contributed by atoms with E-state index >= 15 is 0 Å². The number of aromatic nitrogens is 8. The van der Waals surface area contributed by atoms with E-state index in [9.17, 15) is 19.2 Å². The lowest BCUT2D eigenvalue weighted by Gasteiger charge is -2.08. The molecule has 4 amide bonds. The van der Waals surface area contributed by atoms with Gasteiger partial charge < -0.3 is 51.9 Å². The topological polar surface area (TPSA) is 318 Å². The summed E-state index contributed by atoms with van der Waals surface area (Å²) in [5, 5.41) is 2.52. The van der Waals surface area contributed by atoms with Crippen molar-refractivity contribution in [2.75, 3.05) is 0 Å². The van der Waals surface area contributed by atoms with E-state index in [1.807, 2.05) is 36.4 Å². The fourth-order valence-electron chi connectivity index (χ4n) is 9.26. The van der Waals surface area contributed by atoms with Crippen LogP contribution in [0.1, 0.15) is 41.4 Å². The van der Waals surface area contributed by atoms with Gasteiger partial charge >= 0.3 is 0 Å². The van der Waals surface area contributed by atoms with Gasteiger partial charge in [-0.15, -0.1) is 0 Å². The van der Waals surface area contributed by atoms with E-state index in [1.54, 1.807) is 133 Å². The maximum Gasteiger partial charge on any atom is 0.248 e. The second-order valence-electron chi connectivity index (χ2n) is 18.4.